The van der Waals surface area contributed by atoms with Gasteiger partial charge in [-0.05, 0) is 36.5 Å². The predicted octanol–water partition coefficient (Wildman–Crippen LogP) is 3.67. The average molecular weight is 380 g/mol. The van der Waals surface area contributed by atoms with Gasteiger partial charge in [0.2, 0.25) is 0 Å². The van der Waals surface area contributed by atoms with E-state index in [0.717, 1.165) is 29.7 Å². The van der Waals surface area contributed by atoms with Gasteiger partial charge in [0.05, 0.1) is 11.3 Å². The number of piperidine rings is 1. The van der Waals surface area contributed by atoms with Crippen molar-refractivity contribution in [2.75, 3.05) is 13.1 Å². The lowest BCUT2D eigenvalue weighted by molar-refractivity contribution is -0.124. The van der Waals surface area contributed by atoms with Crippen molar-refractivity contribution < 1.29 is 9.59 Å². The molecule has 0 radical (unpaired) electrons. The van der Waals surface area contributed by atoms with Gasteiger partial charge in [-0.2, -0.15) is 0 Å². The van der Waals surface area contributed by atoms with Crippen molar-refractivity contribution in [3.63, 3.8) is 0 Å². The molecule has 1 aliphatic heterocycles. The molecule has 0 saturated carbocycles. The third-order valence-corrected chi connectivity index (χ3v) is 5.27. The first kappa shape index (κ1) is 20.2. The van der Waals surface area contributed by atoms with Crippen LogP contribution in [0.5, 0.6) is 0 Å². The van der Waals surface area contributed by atoms with Crippen LogP contribution in [0.15, 0.2) is 42.6 Å². The maximum absolute atomic E-state index is 12.9. The SMILES string of the molecule is CC(C)CC(=O)C1CCCN(C(=O)c2ccc(-c3ccc(CN)cc3)nc2)C1. The van der Waals surface area contributed by atoms with Crippen LogP contribution >= 0.6 is 0 Å². The molecule has 2 aromatic rings. The van der Waals surface area contributed by atoms with Gasteiger partial charge in [-0.25, -0.2) is 0 Å². The van der Waals surface area contributed by atoms with Crippen LogP contribution in [0.1, 0.15) is 49.0 Å². The largest absolute Gasteiger partial charge is 0.338 e. The van der Waals surface area contributed by atoms with Crippen LogP contribution in [-0.4, -0.2) is 34.7 Å². The van der Waals surface area contributed by atoms with Gasteiger partial charge in [0, 0.05) is 43.7 Å². The first-order valence-corrected chi connectivity index (χ1v) is 10.1. The second kappa shape index (κ2) is 9.11. The summed E-state index contributed by atoms with van der Waals surface area (Å²) < 4.78 is 0. The van der Waals surface area contributed by atoms with E-state index in [1.807, 2.05) is 36.4 Å². The lowest BCUT2D eigenvalue weighted by atomic mass is 9.89. The Kier molecular flexibility index (Phi) is 6.57. The van der Waals surface area contributed by atoms with Crippen LogP contribution < -0.4 is 5.73 Å². The smallest absolute Gasteiger partial charge is 0.255 e. The fraction of sp³-hybridized carbons (Fsp3) is 0.435. The number of carbonyl (C=O) groups excluding carboxylic acids is 2. The molecule has 1 aliphatic rings. The summed E-state index contributed by atoms with van der Waals surface area (Å²) in [4.78, 5) is 31.6. The molecular formula is C23H29N3O2. The third-order valence-electron chi connectivity index (χ3n) is 5.27. The summed E-state index contributed by atoms with van der Waals surface area (Å²) in [7, 11) is 0. The first-order valence-electron chi connectivity index (χ1n) is 10.1. The third kappa shape index (κ3) is 4.84. The van der Waals surface area contributed by atoms with E-state index in [1.54, 1.807) is 11.1 Å². The molecule has 0 spiro atoms. The highest BCUT2D eigenvalue weighted by atomic mass is 16.2. The van der Waals surface area contributed by atoms with Gasteiger partial charge in [-0.15, -0.1) is 0 Å². The molecule has 3 rings (SSSR count). The molecule has 1 amide bonds. The van der Waals surface area contributed by atoms with Gasteiger partial charge in [-0.3, -0.25) is 14.6 Å². The van der Waals surface area contributed by atoms with Crippen molar-refractivity contribution in [1.29, 1.82) is 0 Å². The molecule has 1 atom stereocenters. The van der Waals surface area contributed by atoms with Crippen molar-refractivity contribution in [1.82, 2.24) is 9.88 Å². The molecular weight excluding hydrogens is 350 g/mol. The number of pyridine rings is 1. The van der Waals surface area contributed by atoms with Crippen molar-refractivity contribution in [2.24, 2.45) is 17.6 Å². The molecule has 1 unspecified atom stereocenters. The molecule has 1 aromatic heterocycles. The van der Waals surface area contributed by atoms with Crippen LogP contribution in [0.2, 0.25) is 0 Å². The second-order valence-corrected chi connectivity index (χ2v) is 7.99. The van der Waals surface area contributed by atoms with Crippen molar-refractivity contribution in [3.05, 3.63) is 53.7 Å². The Morgan fingerprint density at radius 3 is 2.54 bits per heavy atom. The number of nitrogens with two attached hydrogens (primary N) is 1. The van der Waals surface area contributed by atoms with Gasteiger partial charge in [0.15, 0.2) is 0 Å². The number of hydrogen-bond donors (Lipinski definition) is 1. The van der Waals surface area contributed by atoms with E-state index in [2.05, 4.69) is 18.8 Å². The number of carbonyl (C=O) groups is 2. The first-order chi connectivity index (χ1) is 13.5. The molecule has 1 saturated heterocycles. The maximum atomic E-state index is 12.9. The zero-order chi connectivity index (χ0) is 20.1. The topological polar surface area (TPSA) is 76.3 Å². The van der Waals surface area contributed by atoms with Gasteiger partial charge in [0.1, 0.15) is 5.78 Å². The summed E-state index contributed by atoms with van der Waals surface area (Å²) in [6.45, 7) is 5.85. The Hall–Kier alpha value is -2.53. The summed E-state index contributed by atoms with van der Waals surface area (Å²) >= 11 is 0. The van der Waals surface area contributed by atoms with E-state index in [1.165, 1.54) is 0 Å². The Bertz CT molecular complexity index is 813. The number of benzene rings is 1. The molecule has 5 nitrogen and oxygen atoms in total. The molecule has 1 fully saturated rings. The molecule has 28 heavy (non-hydrogen) atoms. The number of nitrogens with zero attached hydrogens (tertiary/aromatic N) is 2. The Balaban J connectivity index is 1.67. The van der Waals surface area contributed by atoms with E-state index >= 15 is 0 Å². The number of Topliss-reactive ketones (excluding diaryl/α,β-unsaturated/α-hetero) is 1. The fourth-order valence-electron chi connectivity index (χ4n) is 3.68. The van der Waals surface area contributed by atoms with E-state index in [0.29, 0.717) is 37.5 Å². The quantitative estimate of drug-likeness (QED) is 0.831. The average Bonchev–Trinajstić information content (AvgIpc) is 2.73. The summed E-state index contributed by atoms with van der Waals surface area (Å²) in [6.07, 6.45) is 3.98. The highest BCUT2D eigenvalue weighted by molar-refractivity contribution is 5.94. The summed E-state index contributed by atoms with van der Waals surface area (Å²) in [5.41, 5.74) is 9.09. The zero-order valence-electron chi connectivity index (χ0n) is 16.7. The molecule has 0 aliphatic carbocycles. The highest BCUT2D eigenvalue weighted by Gasteiger charge is 2.29. The normalized spacial score (nSPS) is 17.0. The van der Waals surface area contributed by atoms with Crippen LogP contribution in [0.25, 0.3) is 11.3 Å². The molecule has 148 valence electrons. The monoisotopic (exact) mass is 379 g/mol. The second-order valence-electron chi connectivity index (χ2n) is 7.99. The summed E-state index contributed by atoms with van der Waals surface area (Å²) in [5.74, 6) is 0.559. The lowest BCUT2D eigenvalue weighted by Crippen LogP contribution is -2.42. The number of aromatic nitrogens is 1. The number of amides is 1. The summed E-state index contributed by atoms with van der Waals surface area (Å²) in [6, 6.07) is 11.6. The van der Waals surface area contributed by atoms with Gasteiger partial charge in [0.25, 0.3) is 5.91 Å². The van der Waals surface area contributed by atoms with Crippen molar-refractivity contribution in [2.45, 2.75) is 39.7 Å². The highest BCUT2D eigenvalue weighted by Crippen LogP contribution is 2.23. The standard InChI is InChI=1S/C23H29N3O2/c1-16(2)12-22(27)20-4-3-11-26(15-20)23(28)19-9-10-21(25-14-19)18-7-5-17(13-24)6-8-18/h5-10,14,16,20H,3-4,11-13,15,24H2,1-2H3. The van der Waals surface area contributed by atoms with Gasteiger partial charge in [-0.1, -0.05) is 38.1 Å². The van der Waals surface area contributed by atoms with Gasteiger partial charge < -0.3 is 10.6 Å². The van der Waals surface area contributed by atoms with Crippen LogP contribution in [0, 0.1) is 11.8 Å². The number of likely N-dealkylation sites (tertiary alicyclic amines) is 1. The molecule has 2 N–H and O–H groups in total. The van der Waals surface area contributed by atoms with E-state index in [-0.39, 0.29) is 17.6 Å². The molecule has 2 heterocycles. The minimum atomic E-state index is -0.0421. The molecule has 1 aromatic carbocycles. The maximum Gasteiger partial charge on any atom is 0.255 e. The minimum Gasteiger partial charge on any atom is -0.338 e. The lowest BCUT2D eigenvalue weighted by Gasteiger charge is -2.32. The Labute approximate surface area is 167 Å². The number of hydrogen-bond acceptors (Lipinski definition) is 4. The number of ketones is 1. The predicted molar refractivity (Wildman–Crippen MR) is 111 cm³/mol. The summed E-state index contributed by atoms with van der Waals surface area (Å²) in [5, 5.41) is 0. The van der Waals surface area contributed by atoms with Crippen molar-refractivity contribution >= 4 is 11.7 Å². The van der Waals surface area contributed by atoms with Gasteiger partial charge >= 0.3 is 0 Å². The Morgan fingerprint density at radius 2 is 1.93 bits per heavy atom. The van der Waals surface area contributed by atoms with E-state index in [9.17, 15) is 9.59 Å². The fourth-order valence-corrected chi connectivity index (χ4v) is 3.68. The molecule has 5 heteroatoms. The van der Waals surface area contributed by atoms with Crippen LogP contribution in [-0.2, 0) is 11.3 Å². The number of rotatable bonds is 6. The van der Waals surface area contributed by atoms with Crippen LogP contribution in [0.4, 0.5) is 0 Å². The zero-order valence-corrected chi connectivity index (χ0v) is 16.7. The molecule has 0 bridgehead atoms. The Morgan fingerprint density at radius 1 is 1.18 bits per heavy atom. The van der Waals surface area contributed by atoms with Crippen LogP contribution in [0.3, 0.4) is 0 Å². The van der Waals surface area contributed by atoms with E-state index < -0.39 is 0 Å². The van der Waals surface area contributed by atoms with E-state index in [4.69, 9.17) is 5.73 Å². The minimum absolute atomic E-state index is 0.0339. The van der Waals surface area contributed by atoms with Crippen molar-refractivity contribution in [3.8, 4) is 11.3 Å².